The number of hydrogen-bond donors (Lipinski definition) is 3. The van der Waals surface area contributed by atoms with E-state index in [9.17, 15) is 9.59 Å². The Morgan fingerprint density at radius 3 is 2.51 bits per heavy atom. The Hall–Kier alpha value is -3.66. The lowest BCUT2D eigenvalue weighted by molar-refractivity contribution is -0.118. The van der Waals surface area contributed by atoms with Crippen molar-refractivity contribution >= 4 is 28.9 Å². The molecule has 0 atom stereocenters. The third-order valence-electron chi connectivity index (χ3n) is 5.93. The first-order valence-corrected chi connectivity index (χ1v) is 12.7. The van der Waals surface area contributed by atoms with Crippen LogP contribution in [0.4, 0.5) is 10.6 Å². The van der Waals surface area contributed by atoms with Gasteiger partial charge in [0.1, 0.15) is 17.1 Å². The summed E-state index contributed by atoms with van der Waals surface area (Å²) in [5, 5.41) is 6.98. The first-order chi connectivity index (χ1) is 17.7. The average Bonchev–Trinajstić information content (AvgIpc) is 3.28. The Kier molecular flexibility index (Phi) is 8.27. The Bertz CT molecular complexity index is 1210. The fraction of sp³-hybridized carbons (Fsp3) is 0.481. The summed E-state index contributed by atoms with van der Waals surface area (Å²) in [4.78, 5) is 38.1. The summed E-state index contributed by atoms with van der Waals surface area (Å²) in [5.41, 5.74) is 2.03. The second kappa shape index (κ2) is 11.6. The first kappa shape index (κ1) is 26.4. The number of aromatic nitrogens is 3. The maximum Gasteiger partial charge on any atom is 0.410 e. The average molecular weight is 509 g/mol. The van der Waals surface area contributed by atoms with E-state index in [2.05, 4.69) is 15.6 Å². The van der Waals surface area contributed by atoms with E-state index in [1.54, 1.807) is 4.90 Å². The highest BCUT2D eigenvalue weighted by Gasteiger charge is 2.27. The van der Waals surface area contributed by atoms with E-state index in [1.807, 2.05) is 57.2 Å². The lowest BCUT2D eigenvalue weighted by atomic mass is 10.1. The van der Waals surface area contributed by atoms with Crippen LogP contribution in [0.25, 0.3) is 22.4 Å². The van der Waals surface area contributed by atoms with Gasteiger partial charge in [-0.05, 0) is 39.7 Å². The zero-order chi connectivity index (χ0) is 26.4. The summed E-state index contributed by atoms with van der Waals surface area (Å²) >= 11 is 0. The molecule has 198 valence electrons. The van der Waals surface area contributed by atoms with E-state index in [1.165, 1.54) is 6.92 Å². The van der Waals surface area contributed by atoms with Gasteiger partial charge in [-0.25, -0.2) is 14.8 Å². The number of ether oxygens (including phenoxy) is 2. The number of fused-ring (bicyclic) bond motifs is 1. The highest BCUT2D eigenvalue weighted by atomic mass is 16.6. The van der Waals surface area contributed by atoms with Gasteiger partial charge in [0.2, 0.25) is 5.91 Å². The fourth-order valence-corrected chi connectivity index (χ4v) is 4.15. The molecule has 3 N–H and O–H groups in total. The monoisotopic (exact) mass is 508 g/mol. The molecule has 2 aromatic heterocycles. The number of carbonyl (C=O) groups excluding carboxylic acids is 2. The molecule has 3 aromatic rings. The van der Waals surface area contributed by atoms with Crippen molar-refractivity contribution < 1.29 is 19.1 Å². The van der Waals surface area contributed by atoms with Crippen LogP contribution in [0.2, 0.25) is 0 Å². The molecule has 1 aliphatic rings. The van der Waals surface area contributed by atoms with Crippen molar-refractivity contribution in [3.8, 4) is 11.4 Å². The molecule has 37 heavy (non-hydrogen) atoms. The van der Waals surface area contributed by atoms with Crippen molar-refractivity contribution in [2.24, 2.45) is 0 Å². The number of hydrogen-bond acceptors (Lipinski definition) is 7. The van der Waals surface area contributed by atoms with Crippen LogP contribution in [-0.2, 0) is 20.9 Å². The topological polar surface area (TPSA) is 121 Å². The number of benzene rings is 1. The van der Waals surface area contributed by atoms with Crippen LogP contribution in [0.15, 0.2) is 36.4 Å². The second-order valence-electron chi connectivity index (χ2n) is 10.2. The summed E-state index contributed by atoms with van der Waals surface area (Å²) in [6, 6.07) is 11.8. The van der Waals surface area contributed by atoms with E-state index in [-0.39, 0.29) is 18.1 Å². The lowest BCUT2D eigenvalue weighted by Gasteiger charge is -2.33. The van der Waals surface area contributed by atoms with Crippen molar-refractivity contribution in [2.75, 3.05) is 31.5 Å². The SMILES string of the molecule is CC(=O)NCCNc1nc(-c2ccccc2)nc2[nH]c(COC3CCN(C(=O)OC(C)(C)C)CC3)cc12. The molecular weight excluding hydrogens is 472 g/mol. The molecule has 1 fully saturated rings. The third-order valence-corrected chi connectivity index (χ3v) is 5.93. The van der Waals surface area contributed by atoms with Crippen molar-refractivity contribution in [3.05, 3.63) is 42.1 Å². The smallest absolute Gasteiger partial charge is 0.410 e. The number of aromatic amines is 1. The standard InChI is InChI=1S/C27H36N6O4/c1-18(34)28-12-13-29-24-22-16-20(30-25(22)32-23(31-24)19-8-6-5-7-9-19)17-36-21-10-14-33(15-11-21)26(35)37-27(2,3)4/h5-9,16,21H,10-15,17H2,1-4H3,(H,28,34)(H2,29,30,31,32). The number of H-pyrrole nitrogens is 1. The van der Waals surface area contributed by atoms with Gasteiger partial charge >= 0.3 is 6.09 Å². The largest absolute Gasteiger partial charge is 0.444 e. The van der Waals surface area contributed by atoms with Gasteiger partial charge in [-0.3, -0.25) is 4.79 Å². The van der Waals surface area contributed by atoms with Gasteiger partial charge in [0.05, 0.1) is 18.1 Å². The molecule has 10 heteroatoms. The molecule has 0 spiro atoms. The highest BCUT2D eigenvalue weighted by Crippen LogP contribution is 2.26. The first-order valence-electron chi connectivity index (χ1n) is 12.7. The zero-order valence-corrected chi connectivity index (χ0v) is 22.0. The number of carbonyl (C=O) groups is 2. The molecule has 2 amide bonds. The van der Waals surface area contributed by atoms with Gasteiger partial charge in [0.15, 0.2) is 5.82 Å². The molecular formula is C27H36N6O4. The van der Waals surface area contributed by atoms with E-state index in [4.69, 9.17) is 19.4 Å². The number of anilines is 1. The molecule has 10 nitrogen and oxygen atoms in total. The van der Waals surface area contributed by atoms with E-state index < -0.39 is 5.60 Å². The van der Waals surface area contributed by atoms with Crippen LogP contribution in [-0.4, -0.2) is 69.7 Å². The van der Waals surface area contributed by atoms with E-state index in [0.29, 0.717) is 50.1 Å². The van der Waals surface area contributed by atoms with E-state index in [0.717, 1.165) is 29.5 Å². The van der Waals surface area contributed by atoms with Crippen LogP contribution in [0, 0.1) is 0 Å². The number of amides is 2. The Morgan fingerprint density at radius 2 is 1.84 bits per heavy atom. The molecule has 0 bridgehead atoms. The normalized spacial score (nSPS) is 14.5. The molecule has 4 rings (SSSR count). The Morgan fingerprint density at radius 1 is 1.11 bits per heavy atom. The van der Waals surface area contributed by atoms with Crippen LogP contribution < -0.4 is 10.6 Å². The Balaban J connectivity index is 1.42. The summed E-state index contributed by atoms with van der Waals surface area (Å²) in [6.07, 6.45) is 1.31. The summed E-state index contributed by atoms with van der Waals surface area (Å²) in [5.74, 6) is 1.24. The minimum absolute atomic E-state index is 0.0614. The zero-order valence-electron chi connectivity index (χ0n) is 22.0. The number of nitrogens with zero attached hydrogens (tertiary/aromatic N) is 3. The third kappa shape index (κ3) is 7.42. The number of rotatable bonds is 8. The van der Waals surface area contributed by atoms with Crippen molar-refractivity contribution in [2.45, 2.75) is 58.8 Å². The van der Waals surface area contributed by atoms with Crippen LogP contribution in [0.1, 0.15) is 46.2 Å². The predicted octanol–water partition coefficient (Wildman–Crippen LogP) is 4.09. The minimum atomic E-state index is -0.499. The molecule has 3 heterocycles. The number of piperidine rings is 1. The van der Waals surface area contributed by atoms with Gasteiger partial charge in [-0.2, -0.15) is 0 Å². The van der Waals surface area contributed by atoms with Crippen LogP contribution in [0.3, 0.4) is 0 Å². The fourth-order valence-electron chi connectivity index (χ4n) is 4.15. The molecule has 1 aromatic carbocycles. The minimum Gasteiger partial charge on any atom is -0.444 e. The predicted molar refractivity (Wildman–Crippen MR) is 142 cm³/mol. The van der Waals surface area contributed by atoms with Gasteiger partial charge in [0, 0.05) is 44.4 Å². The van der Waals surface area contributed by atoms with Crippen molar-refractivity contribution in [1.82, 2.24) is 25.2 Å². The molecule has 0 saturated carbocycles. The van der Waals surface area contributed by atoms with Gasteiger partial charge in [-0.15, -0.1) is 0 Å². The maximum atomic E-state index is 12.3. The molecule has 1 saturated heterocycles. The molecule has 0 unspecified atom stereocenters. The van der Waals surface area contributed by atoms with E-state index >= 15 is 0 Å². The van der Waals surface area contributed by atoms with Gasteiger partial charge in [-0.1, -0.05) is 30.3 Å². The van der Waals surface area contributed by atoms with Crippen molar-refractivity contribution in [1.29, 1.82) is 0 Å². The summed E-state index contributed by atoms with van der Waals surface area (Å²) in [7, 11) is 0. The highest BCUT2D eigenvalue weighted by molar-refractivity contribution is 5.89. The summed E-state index contributed by atoms with van der Waals surface area (Å²) in [6.45, 7) is 9.77. The lowest BCUT2D eigenvalue weighted by Crippen LogP contribution is -2.43. The Labute approximate surface area is 217 Å². The van der Waals surface area contributed by atoms with Gasteiger partial charge in [0.25, 0.3) is 0 Å². The van der Waals surface area contributed by atoms with Crippen molar-refractivity contribution in [3.63, 3.8) is 0 Å². The second-order valence-corrected chi connectivity index (χ2v) is 10.2. The maximum absolute atomic E-state index is 12.3. The summed E-state index contributed by atoms with van der Waals surface area (Å²) < 4.78 is 11.7. The molecule has 0 aliphatic carbocycles. The number of likely N-dealkylation sites (tertiary alicyclic amines) is 1. The van der Waals surface area contributed by atoms with Crippen LogP contribution >= 0.6 is 0 Å². The molecule has 1 aliphatic heterocycles. The quantitative estimate of drug-likeness (QED) is 0.392. The number of nitrogens with one attached hydrogen (secondary N) is 3. The van der Waals surface area contributed by atoms with Gasteiger partial charge < -0.3 is 30.0 Å². The molecule has 0 radical (unpaired) electrons. The van der Waals surface area contributed by atoms with Crippen LogP contribution in [0.5, 0.6) is 0 Å².